The van der Waals surface area contributed by atoms with Gasteiger partial charge < -0.3 is 10.2 Å². The summed E-state index contributed by atoms with van der Waals surface area (Å²) in [7, 11) is 2.09. The predicted molar refractivity (Wildman–Crippen MR) is 84.9 cm³/mol. The molecule has 4 rings (SSSR count). The van der Waals surface area contributed by atoms with Gasteiger partial charge in [-0.15, -0.1) is 0 Å². The number of anilines is 2. The number of aryl methyl sites for hydroxylation is 1. The first-order chi connectivity index (χ1) is 10.1. The van der Waals surface area contributed by atoms with Crippen molar-refractivity contribution in [2.75, 3.05) is 17.3 Å². The van der Waals surface area contributed by atoms with E-state index in [0.29, 0.717) is 0 Å². The monoisotopic (exact) mass is 278 g/mol. The highest BCUT2D eigenvalue weighted by molar-refractivity contribution is 6.00. The number of nitrogens with zero attached hydrogens (tertiary/aromatic N) is 1. The van der Waals surface area contributed by atoms with Gasteiger partial charge in [0.1, 0.15) is 0 Å². The van der Waals surface area contributed by atoms with Crippen molar-refractivity contribution in [2.45, 2.75) is 25.3 Å². The van der Waals surface area contributed by atoms with Gasteiger partial charge in [-0.05, 0) is 42.2 Å². The lowest BCUT2D eigenvalue weighted by Gasteiger charge is -2.24. The molecule has 21 heavy (non-hydrogen) atoms. The second-order valence-corrected chi connectivity index (χ2v) is 6.07. The van der Waals surface area contributed by atoms with E-state index in [1.54, 1.807) is 0 Å². The largest absolute Gasteiger partial charge is 0.370 e. The summed E-state index contributed by atoms with van der Waals surface area (Å²) in [6, 6.07) is 14.8. The summed E-state index contributed by atoms with van der Waals surface area (Å²) in [5, 5.41) is 3.13. The van der Waals surface area contributed by atoms with Gasteiger partial charge in [-0.3, -0.25) is 4.79 Å². The van der Waals surface area contributed by atoms with Crippen molar-refractivity contribution < 1.29 is 4.79 Å². The van der Waals surface area contributed by atoms with Crippen LogP contribution < -0.4 is 10.2 Å². The number of hydrogen-bond donors (Lipinski definition) is 1. The lowest BCUT2D eigenvalue weighted by Crippen LogP contribution is -2.35. The van der Waals surface area contributed by atoms with Crippen LogP contribution in [0.5, 0.6) is 0 Å². The van der Waals surface area contributed by atoms with Crippen LogP contribution in [0.3, 0.4) is 0 Å². The molecule has 0 spiro atoms. The average Bonchev–Trinajstić information content (AvgIpc) is 2.66. The predicted octanol–water partition coefficient (Wildman–Crippen LogP) is 3.09. The fourth-order valence-electron chi connectivity index (χ4n) is 3.67. The van der Waals surface area contributed by atoms with Crippen LogP contribution in [0.2, 0.25) is 0 Å². The topological polar surface area (TPSA) is 32.3 Å². The van der Waals surface area contributed by atoms with Gasteiger partial charge in [0.15, 0.2) is 0 Å². The highest BCUT2D eigenvalue weighted by Crippen LogP contribution is 2.44. The zero-order chi connectivity index (χ0) is 14.6. The summed E-state index contributed by atoms with van der Waals surface area (Å²) < 4.78 is 0. The lowest BCUT2D eigenvalue weighted by molar-refractivity contribution is -0.117. The van der Waals surface area contributed by atoms with Crippen LogP contribution in [0.25, 0.3) is 0 Å². The molecule has 0 saturated carbocycles. The summed E-state index contributed by atoms with van der Waals surface area (Å²) in [5.74, 6) is 0.0278. The maximum atomic E-state index is 12.7. The van der Waals surface area contributed by atoms with Crippen LogP contribution >= 0.6 is 0 Å². The molecule has 2 atom stereocenters. The maximum absolute atomic E-state index is 12.7. The molecule has 0 aromatic heterocycles. The van der Waals surface area contributed by atoms with Gasteiger partial charge in [-0.1, -0.05) is 30.3 Å². The Morgan fingerprint density at radius 2 is 2.00 bits per heavy atom. The number of amides is 1. The van der Waals surface area contributed by atoms with Gasteiger partial charge in [0, 0.05) is 24.5 Å². The first-order valence-electron chi connectivity index (χ1n) is 7.37. The van der Waals surface area contributed by atoms with E-state index in [1.165, 1.54) is 16.8 Å². The molecule has 0 radical (unpaired) electrons. The van der Waals surface area contributed by atoms with E-state index >= 15 is 0 Å². The highest BCUT2D eigenvalue weighted by atomic mass is 16.2. The molecule has 1 N–H and O–H groups in total. The fourth-order valence-corrected chi connectivity index (χ4v) is 3.67. The smallest absolute Gasteiger partial charge is 0.234 e. The van der Waals surface area contributed by atoms with Gasteiger partial charge in [-0.2, -0.15) is 0 Å². The first kappa shape index (κ1) is 12.5. The summed E-state index contributed by atoms with van der Waals surface area (Å²) >= 11 is 0. The molecule has 2 unspecified atom stereocenters. The van der Waals surface area contributed by atoms with Crippen molar-refractivity contribution in [2.24, 2.45) is 0 Å². The third-order valence-electron chi connectivity index (χ3n) is 4.77. The van der Waals surface area contributed by atoms with Crippen LogP contribution in [0.4, 0.5) is 11.4 Å². The van der Waals surface area contributed by atoms with E-state index in [0.717, 1.165) is 17.7 Å². The second kappa shape index (κ2) is 4.35. The summed E-state index contributed by atoms with van der Waals surface area (Å²) in [6.45, 7) is 2.06. The highest BCUT2D eigenvalue weighted by Gasteiger charge is 2.42. The van der Waals surface area contributed by atoms with Gasteiger partial charge in [0.2, 0.25) is 5.91 Å². The molecule has 2 aliphatic heterocycles. The number of benzene rings is 2. The number of carbonyl (C=O) groups is 1. The van der Waals surface area contributed by atoms with Crippen molar-refractivity contribution in [1.29, 1.82) is 0 Å². The van der Waals surface area contributed by atoms with E-state index in [2.05, 4.69) is 54.5 Å². The maximum Gasteiger partial charge on any atom is 0.234 e. The van der Waals surface area contributed by atoms with Gasteiger partial charge >= 0.3 is 0 Å². The Morgan fingerprint density at radius 3 is 2.86 bits per heavy atom. The van der Waals surface area contributed by atoms with Crippen LogP contribution in [0.1, 0.15) is 22.6 Å². The molecule has 3 heteroatoms. The van der Waals surface area contributed by atoms with E-state index in [9.17, 15) is 4.79 Å². The van der Waals surface area contributed by atoms with Crippen molar-refractivity contribution >= 4 is 17.3 Å². The molecule has 3 nitrogen and oxygen atoms in total. The molecule has 0 aliphatic carbocycles. The minimum atomic E-state index is -0.0843. The number of likely N-dealkylation sites (N-methyl/N-ethyl adjacent to an activating group) is 1. The number of carbonyl (C=O) groups excluding carboxylic acids is 1. The number of hydrogen-bond acceptors (Lipinski definition) is 2. The Bertz CT molecular complexity index is 738. The lowest BCUT2D eigenvalue weighted by atomic mass is 9.91. The number of fused-ring (bicyclic) bond motifs is 4. The SMILES string of the molecule is Cc1ccc2c(c1)NC(=O)C1c3ccccc3N(C)C1C2. The molecular weight excluding hydrogens is 260 g/mol. The van der Waals surface area contributed by atoms with Crippen molar-refractivity contribution in [3.63, 3.8) is 0 Å². The molecule has 106 valence electrons. The number of rotatable bonds is 0. The molecular formula is C18H18N2O. The van der Waals surface area contributed by atoms with Crippen LogP contribution in [-0.4, -0.2) is 19.0 Å². The summed E-state index contributed by atoms with van der Waals surface area (Å²) in [4.78, 5) is 15.0. The molecule has 2 aromatic rings. The van der Waals surface area contributed by atoms with E-state index in [4.69, 9.17) is 0 Å². The molecule has 2 aliphatic rings. The Kier molecular flexibility index (Phi) is 2.58. The van der Waals surface area contributed by atoms with Crippen molar-refractivity contribution in [1.82, 2.24) is 0 Å². The number of para-hydroxylation sites is 1. The van der Waals surface area contributed by atoms with Crippen molar-refractivity contribution in [3.05, 3.63) is 59.2 Å². The van der Waals surface area contributed by atoms with Crippen molar-refractivity contribution in [3.8, 4) is 0 Å². The normalized spacial score (nSPS) is 23.0. The number of nitrogens with one attached hydrogen (secondary N) is 1. The zero-order valence-corrected chi connectivity index (χ0v) is 12.3. The third kappa shape index (κ3) is 1.77. The standard InChI is InChI=1S/C18H18N2O/c1-11-7-8-12-10-16-17(18(21)19-14(12)9-11)13-5-3-4-6-15(13)20(16)2/h3-9,16-17H,10H2,1-2H3,(H,19,21). The molecule has 1 amide bonds. The van der Waals surface area contributed by atoms with Crippen LogP contribution in [-0.2, 0) is 11.2 Å². The Hall–Kier alpha value is -2.29. The average molecular weight is 278 g/mol. The van der Waals surface area contributed by atoms with E-state index in [-0.39, 0.29) is 17.9 Å². The summed E-state index contributed by atoms with van der Waals surface area (Å²) in [6.07, 6.45) is 0.893. The third-order valence-corrected chi connectivity index (χ3v) is 4.77. The molecule has 0 bridgehead atoms. The minimum Gasteiger partial charge on any atom is -0.370 e. The fraction of sp³-hybridized carbons (Fsp3) is 0.278. The Labute approximate surface area is 124 Å². The minimum absolute atomic E-state index is 0.0843. The zero-order valence-electron chi connectivity index (χ0n) is 12.3. The molecule has 2 heterocycles. The van der Waals surface area contributed by atoms with Crippen LogP contribution in [0, 0.1) is 6.92 Å². The molecule has 2 aromatic carbocycles. The van der Waals surface area contributed by atoms with Gasteiger partial charge in [-0.25, -0.2) is 0 Å². The first-order valence-corrected chi connectivity index (χ1v) is 7.37. The summed E-state index contributed by atoms with van der Waals surface area (Å²) in [5.41, 5.74) is 5.70. The second-order valence-electron chi connectivity index (χ2n) is 6.07. The molecule has 0 saturated heterocycles. The van der Waals surface area contributed by atoms with E-state index in [1.807, 2.05) is 12.1 Å². The van der Waals surface area contributed by atoms with Crippen LogP contribution in [0.15, 0.2) is 42.5 Å². The van der Waals surface area contributed by atoms with Gasteiger partial charge in [0.05, 0.1) is 5.92 Å². The Morgan fingerprint density at radius 1 is 1.19 bits per heavy atom. The van der Waals surface area contributed by atoms with Gasteiger partial charge in [0.25, 0.3) is 0 Å². The quantitative estimate of drug-likeness (QED) is 0.803. The molecule has 0 fully saturated rings. The van der Waals surface area contributed by atoms with E-state index < -0.39 is 0 Å². The Balaban J connectivity index is 1.84.